The Bertz CT molecular complexity index is 117. The fourth-order valence-corrected chi connectivity index (χ4v) is 1.56. The Morgan fingerprint density at radius 2 is 2.09 bits per heavy atom. The number of rotatable bonds is 4. The summed E-state index contributed by atoms with van der Waals surface area (Å²) in [6.45, 7) is 6.57. The summed E-state index contributed by atoms with van der Waals surface area (Å²) in [5, 5.41) is 8.69. The lowest BCUT2D eigenvalue weighted by atomic mass is 9.72. The van der Waals surface area contributed by atoms with Crippen LogP contribution >= 0.6 is 0 Å². The third-order valence-electron chi connectivity index (χ3n) is 2.84. The molecule has 0 atom stereocenters. The maximum atomic E-state index is 8.69. The molecule has 2 heteroatoms. The zero-order chi connectivity index (χ0) is 8.32. The summed E-state index contributed by atoms with van der Waals surface area (Å²) in [7, 11) is 0. The summed E-state index contributed by atoms with van der Waals surface area (Å²) >= 11 is 0. The maximum Gasteiger partial charge on any atom is 0.0547 e. The molecule has 0 bridgehead atoms. The smallest absolute Gasteiger partial charge is 0.0547 e. The molecule has 0 spiro atoms. The Kier molecular flexibility index (Phi) is 2.90. The van der Waals surface area contributed by atoms with Gasteiger partial charge in [-0.3, -0.25) is 0 Å². The van der Waals surface area contributed by atoms with E-state index in [2.05, 4.69) is 13.8 Å². The summed E-state index contributed by atoms with van der Waals surface area (Å²) in [6.07, 6.45) is 2.03. The van der Waals surface area contributed by atoms with Gasteiger partial charge in [-0.1, -0.05) is 13.8 Å². The molecular weight excluding hydrogens is 140 g/mol. The van der Waals surface area contributed by atoms with Crippen LogP contribution in [0.1, 0.15) is 26.7 Å². The molecule has 1 rings (SSSR count). The van der Waals surface area contributed by atoms with E-state index in [4.69, 9.17) is 9.84 Å². The Morgan fingerprint density at radius 3 is 2.36 bits per heavy atom. The van der Waals surface area contributed by atoms with Crippen LogP contribution in [0.2, 0.25) is 0 Å². The van der Waals surface area contributed by atoms with Crippen LogP contribution in [0.15, 0.2) is 0 Å². The molecule has 0 radical (unpaired) electrons. The van der Waals surface area contributed by atoms with Crippen molar-refractivity contribution in [3.8, 4) is 0 Å². The van der Waals surface area contributed by atoms with Crippen LogP contribution < -0.4 is 0 Å². The third kappa shape index (κ3) is 1.74. The molecular formula is C9H18O2. The van der Waals surface area contributed by atoms with Gasteiger partial charge in [0.1, 0.15) is 0 Å². The van der Waals surface area contributed by atoms with Gasteiger partial charge in [-0.25, -0.2) is 0 Å². The van der Waals surface area contributed by atoms with E-state index in [0.717, 1.165) is 26.1 Å². The molecule has 0 aromatic carbocycles. The second-order valence-corrected chi connectivity index (χ2v) is 3.84. The second kappa shape index (κ2) is 3.55. The first-order valence-corrected chi connectivity index (χ1v) is 4.40. The molecule has 1 heterocycles. The minimum atomic E-state index is 0.314. The Labute approximate surface area is 68.6 Å². The van der Waals surface area contributed by atoms with Gasteiger partial charge in [0.25, 0.3) is 0 Å². The molecule has 1 fully saturated rings. The molecule has 0 saturated carbocycles. The van der Waals surface area contributed by atoms with E-state index in [1.54, 1.807) is 0 Å². The highest BCUT2D eigenvalue weighted by molar-refractivity contribution is 4.87. The minimum Gasteiger partial charge on any atom is -0.396 e. The van der Waals surface area contributed by atoms with Crippen LogP contribution in [0, 0.1) is 11.3 Å². The predicted octanol–water partition coefficient (Wildman–Crippen LogP) is 1.43. The van der Waals surface area contributed by atoms with Crippen LogP contribution in [-0.4, -0.2) is 24.9 Å². The first kappa shape index (κ1) is 9.01. The highest BCUT2D eigenvalue weighted by Crippen LogP contribution is 2.39. The summed E-state index contributed by atoms with van der Waals surface area (Å²) < 4.78 is 5.21. The molecule has 0 aliphatic carbocycles. The largest absolute Gasteiger partial charge is 0.396 e. The van der Waals surface area contributed by atoms with E-state index < -0.39 is 0 Å². The zero-order valence-corrected chi connectivity index (χ0v) is 7.47. The van der Waals surface area contributed by atoms with Crippen LogP contribution in [-0.2, 0) is 4.74 Å². The van der Waals surface area contributed by atoms with E-state index >= 15 is 0 Å². The van der Waals surface area contributed by atoms with Crippen molar-refractivity contribution in [3.05, 3.63) is 0 Å². The summed E-state index contributed by atoms with van der Waals surface area (Å²) in [6, 6.07) is 0. The number of hydrogen-bond acceptors (Lipinski definition) is 2. The predicted molar refractivity (Wildman–Crippen MR) is 44.4 cm³/mol. The maximum absolute atomic E-state index is 8.69. The monoisotopic (exact) mass is 158 g/mol. The normalized spacial score (nSPS) is 21.8. The van der Waals surface area contributed by atoms with E-state index in [1.165, 1.54) is 0 Å². The summed E-state index contributed by atoms with van der Waals surface area (Å²) in [4.78, 5) is 0. The van der Waals surface area contributed by atoms with Gasteiger partial charge in [0.05, 0.1) is 13.2 Å². The lowest BCUT2D eigenvalue weighted by Gasteiger charge is -2.45. The van der Waals surface area contributed by atoms with Gasteiger partial charge in [-0.15, -0.1) is 0 Å². The van der Waals surface area contributed by atoms with Crippen molar-refractivity contribution in [1.82, 2.24) is 0 Å². The molecule has 0 amide bonds. The highest BCUT2D eigenvalue weighted by atomic mass is 16.5. The quantitative estimate of drug-likeness (QED) is 0.670. The lowest BCUT2D eigenvalue weighted by Crippen LogP contribution is -2.46. The van der Waals surface area contributed by atoms with Crippen LogP contribution in [0.4, 0.5) is 0 Å². The van der Waals surface area contributed by atoms with Crippen molar-refractivity contribution in [2.75, 3.05) is 19.8 Å². The van der Waals surface area contributed by atoms with Crippen molar-refractivity contribution in [1.29, 1.82) is 0 Å². The Balaban J connectivity index is 2.34. The van der Waals surface area contributed by atoms with Gasteiger partial charge in [0, 0.05) is 12.0 Å². The molecule has 11 heavy (non-hydrogen) atoms. The van der Waals surface area contributed by atoms with E-state index in [0.29, 0.717) is 17.9 Å². The first-order chi connectivity index (χ1) is 5.21. The van der Waals surface area contributed by atoms with Crippen molar-refractivity contribution in [2.24, 2.45) is 11.3 Å². The zero-order valence-electron chi connectivity index (χ0n) is 7.47. The molecule has 1 saturated heterocycles. The average Bonchev–Trinajstić information content (AvgIpc) is 1.85. The van der Waals surface area contributed by atoms with Gasteiger partial charge in [-0.05, 0) is 18.8 Å². The summed E-state index contributed by atoms with van der Waals surface area (Å²) in [5.41, 5.74) is 0.392. The second-order valence-electron chi connectivity index (χ2n) is 3.84. The fraction of sp³-hybridized carbons (Fsp3) is 1.00. The number of aliphatic hydroxyl groups excluding tert-OH is 1. The standard InChI is InChI=1S/C9H18O2/c1-8(2)9(4-3-5-10)6-11-7-9/h8,10H,3-7H2,1-2H3. The molecule has 1 aliphatic heterocycles. The van der Waals surface area contributed by atoms with E-state index in [-0.39, 0.29) is 0 Å². The van der Waals surface area contributed by atoms with E-state index in [1.807, 2.05) is 0 Å². The van der Waals surface area contributed by atoms with Crippen LogP contribution in [0.3, 0.4) is 0 Å². The molecule has 2 nitrogen and oxygen atoms in total. The molecule has 66 valence electrons. The van der Waals surface area contributed by atoms with Gasteiger partial charge < -0.3 is 9.84 Å². The molecule has 0 unspecified atom stereocenters. The third-order valence-corrected chi connectivity index (χ3v) is 2.84. The average molecular weight is 158 g/mol. The van der Waals surface area contributed by atoms with Crippen LogP contribution in [0.5, 0.6) is 0 Å². The molecule has 1 N–H and O–H groups in total. The fourth-order valence-electron chi connectivity index (χ4n) is 1.56. The number of ether oxygens (including phenoxy) is 1. The van der Waals surface area contributed by atoms with Gasteiger partial charge >= 0.3 is 0 Å². The molecule has 0 aromatic rings. The van der Waals surface area contributed by atoms with Gasteiger partial charge in [0.2, 0.25) is 0 Å². The first-order valence-electron chi connectivity index (χ1n) is 4.40. The van der Waals surface area contributed by atoms with Crippen molar-refractivity contribution >= 4 is 0 Å². The number of hydrogen-bond donors (Lipinski definition) is 1. The van der Waals surface area contributed by atoms with Crippen molar-refractivity contribution < 1.29 is 9.84 Å². The topological polar surface area (TPSA) is 29.5 Å². The Hall–Kier alpha value is -0.0800. The van der Waals surface area contributed by atoms with Gasteiger partial charge in [0.15, 0.2) is 0 Å². The Morgan fingerprint density at radius 1 is 1.45 bits per heavy atom. The minimum absolute atomic E-state index is 0.314. The van der Waals surface area contributed by atoms with Crippen LogP contribution in [0.25, 0.3) is 0 Å². The SMILES string of the molecule is CC(C)C1(CCCO)COC1. The number of aliphatic hydroxyl groups is 1. The van der Waals surface area contributed by atoms with Crippen molar-refractivity contribution in [3.63, 3.8) is 0 Å². The lowest BCUT2D eigenvalue weighted by molar-refractivity contribution is -0.144. The summed E-state index contributed by atoms with van der Waals surface area (Å²) in [5.74, 6) is 0.683. The van der Waals surface area contributed by atoms with Crippen molar-refractivity contribution in [2.45, 2.75) is 26.7 Å². The van der Waals surface area contributed by atoms with Gasteiger partial charge in [-0.2, -0.15) is 0 Å². The van der Waals surface area contributed by atoms with E-state index in [9.17, 15) is 0 Å². The molecule has 0 aromatic heterocycles. The highest BCUT2D eigenvalue weighted by Gasteiger charge is 2.40. The molecule has 1 aliphatic rings.